The number of hydrogen-bond acceptors (Lipinski definition) is 2. The number of ether oxygens (including phenoxy) is 1. The molecule has 1 rings (SSSR count). The van der Waals surface area contributed by atoms with Crippen LogP contribution in [0.1, 0.15) is 6.42 Å². The predicted molar refractivity (Wildman–Crippen MR) is 65.4 cm³/mol. The molecule has 14 heavy (non-hydrogen) atoms. The van der Waals surface area contributed by atoms with Gasteiger partial charge in [0.15, 0.2) is 0 Å². The fourth-order valence-corrected chi connectivity index (χ4v) is 2.65. The average Bonchev–Trinajstić information content (AvgIpc) is 2.28. The van der Waals surface area contributed by atoms with Crippen molar-refractivity contribution in [1.29, 1.82) is 0 Å². The first kappa shape index (κ1) is 12.6. The fourth-order valence-electron chi connectivity index (χ4n) is 1.47. The van der Waals surface area contributed by atoms with E-state index < -0.39 is 24.4 Å². The maximum absolute atomic E-state index is 9.68. The highest BCUT2D eigenvalue weighted by molar-refractivity contribution is 7.72. The number of alkyl halides is 1. The quantitative estimate of drug-likeness (QED) is 0.448. The van der Waals surface area contributed by atoms with Crippen LogP contribution in [0.25, 0.3) is 0 Å². The number of hydrogen-bond donors (Lipinski definition) is 1. The second-order valence-corrected chi connectivity index (χ2v) is 9.34. The van der Waals surface area contributed by atoms with E-state index in [1.165, 1.54) is 0 Å². The molecule has 0 saturated carbocycles. The lowest BCUT2D eigenvalue weighted by atomic mass is 9.95. The monoisotopic (exact) mass is 234 g/mol. The molecule has 2 nitrogen and oxygen atoms in total. The molecule has 4 atom stereocenters. The Morgan fingerprint density at radius 1 is 1.57 bits per heavy atom. The Morgan fingerprint density at radius 2 is 2.14 bits per heavy atom. The molecule has 0 bridgehead atoms. The van der Waals surface area contributed by atoms with Gasteiger partial charge in [-0.3, -0.25) is 0 Å². The zero-order valence-electron chi connectivity index (χ0n) is 8.69. The minimum absolute atomic E-state index is 0.214. The van der Waals surface area contributed by atoms with Crippen molar-refractivity contribution in [3.63, 3.8) is 0 Å². The summed E-state index contributed by atoms with van der Waals surface area (Å²) in [7, 11) is 5.58. The van der Waals surface area contributed by atoms with Crippen molar-refractivity contribution >= 4 is 32.6 Å². The van der Waals surface area contributed by atoms with Crippen LogP contribution < -0.4 is 0 Å². The predicted octanol–water partition coefficient (Wildman–Crippen LogP) is 0.947. The van der Waals surface area contributed by atoms with E-state index >= 15 is 0 Å². The third-order valence-electron chi connectivity index (χ3n) is 2.37. The lowest BCUT2D eigenvalue weighted by molar-refractivity contribution is 0.0312. The summed E-state index contributed by atoms with van der Waals surface area (Å²) in [6.07, 6.45) is 5.03. The molecule has 0 spiro atoms. The summed E-state index contributed by atoms with van der Waals surface area (Å²) >= 11 is 5.85. The highest BCUT2D eigenvalue weighted by Crippen LogP contribution is 2.38. The van der Waals surface area contributed by atoms with E-state index in [0.717, 1.165) is 12.6 Å². The lowest BCUT2D eigenvalue weighted by Crippen LogP contribution is -2.28. The highest BCUT2D eigenvalue weighted by Gasteiger charge is 2.39. The molecule has 0 amide bonds. The van der Waals surface area contributed by atoms with Gasteiger partial charge in [-0.15, -0.1) is 24.8 Å². The zero-order chi connectivity index (χ0) is 10.9. The van der Waals surface area contributed by atoms with Gasteiger partial charge in [0.05, 0.1) is 17.6 Å². The van der Waals surface area contributed by atoms with Crippen LogP contribution in [-0.2, 0) is 4.74 Å². The maximum atomic E-state index is 9.68. The van der Waals surface area contributed by atoms with Crippen molar-refractivity contribution in [3.05, 3.63) is 0 Å². The molecule has 1 N–H and O–H groups in total. The highest BCUT2D eigenvalue weighted by atomic mass is 35.5. The molecule has 0 aromatic rings. The summed E-state index contributed by atoms with van der Waals surface area (Å²) in [6.45, 7) is 3.26. The SMILES string of the molecule is [B][C@@H]1O[C@H](CCP(=C)(C)C)[C@@H](O)[C@H]1Cl. The van der Waals surface area contributed by atoms with Gasteiger partial charge in [-0.05, 0) is 25.9 Å². The molecule has 80 valence electrons. The summed E-state index contributed by atoms with van der Waals surface area (Å²) in [5, 5.41) is 9.20. The Bertz CT molecular complexity index is 243. The Hall–Kier alpha value is 0.575. The van der Waals surface area contributed by atoms with Gasteiger partial charge in [0.2, 0.25) is 0 Å². The van der Waals surface area contributed by atoms with Gasteiger partial charge in [-0.25, -0.2) is 0 Å². The molecule has 1 aliphatic heterocycles. The number of rotatable bonds is 3. The molecule has 0 aromatic carbocycles. The normalized spacial score (nSPS) is 38.9. The summed E-state index contributed by atoms with van der Waals surface area (Å²) < 4.78 is 5.37. The molecule has 0 unspecified atom stereocenters. The lowest BCUT2D eigenvalue weighted by Gasteiger charge is -2.18. The topological polar surface area (TPSA) is 29.5 Å². The first-order chi connectivity index (χ1) is 6.31. The van der Waals surface area contributed by atoms with E-state index in [2.05, 4.69) is 19.6 Å². The number of aliphatic hydroxyl groups excluding tert-OH is 1. The van der Waals surface area contributed by atoms with Gasteiger partial charge in [-0.1, -0.05) is 0 Å². The van der Waals surface area contributed by atoms with Crippen molar-refractivity contribution in [3.8, 4) is 0 Å². The van der Waals surface area contributed by atoms with Gasteiger partial charge in [-0.2, -0.15) is 0 Å². The van der Waals surface area contributed by atoms with Gasteiger partial charge < -0.3 is 9.84 Å². The van der Waals surface area contributed by atoms with Gasteiger partial charge in [0, 0.05) is 6.00 Å². The fraction of sp³-hybridized carbons (Fsp3) is 0.889. The van der Waals surface area contributed by atoms with Gasteiger partial charge >= 0.3 is 0 Å². The smallest absolute Gasteiger partial charge is 0.111 e. The van der Waals surface area contributed by atoms with Crippen LogP contribution in [0.2, 0.25) is 0 Å². The molecule has 1 fully saturated rings. The van der Waals surface area contributed by atoms with Gasteiger partial charge in [0.1, 0.15) is 7.85 Å². The molecular formula is C9H17BClO2P. The van der Waals surface area contributed by atoms with Gasteiger partial charge in [0.25, 0.3) is 0 Å². The third-order valence-corrected chi connectivity index (χ3v) is 4.35. The number of halogens is 1. The van der Waals surface area contributed by atoms with E-state index in [0.29, 0.717) is 0 Å². The second kappa shape index (κ2) is 4.61. The second-order valence-electron chi connectivity index (χ2n) is 4.52. The van der Waals surface area contributed by atoms with Crippen molar-refractivity contribution in [1.82, 2.24) is 0 Å². The van der Waals surface area contributed by atoms with Crippen LogP contribution in [-0.4, -0.2) is 62.3 Å². The molecule has 2 radical (unpaired) electrons. The minimum atomic E-state index is -1.06. The summed E-state index contributed by atoms with van der Waals surface area (Å²) in [6, 6.07) is -0.539. The van der Waals surface area contributed by atoms with E-state index in [1.807, 2.05) is 0 Å². The molecule has 0 aromatic heterocycles. The number of aliphatic hydroxyl groups is 1. The van der Waals surface area contributed by atoms with E-state index in [9.17, 15) is 5.11 Å². The Morgan fingerprint density at radius 3 is 2.50 bits per heavy atom. The Kier molecular flexibility index (Phi) is 4.16. The third kappa shape index (κ3) is 3.31. The van der Waals surface area contributed by atoms with Crippen molar-refractivity contribution in [2.24, 2.45) is 0 Å². The van der Waals surface area contributed by atoms with Crippen molar-refractivity contribution < 1.29 is 9.84 Å². The standard InChI is InChI=1S/C9H17BClO2P/c1-14(2,3)5-4-6-8(12)7(11)9(10)13-6/h6-9,12H,1,4-5H2,2-3H3/t6-,7-,8-,9-/m1/s1. The average molecular weight is 234 g/mol. The van der Waals surface area contributed by atoms with Crippen molar-refractivity contribution in [2.75, 3.05) is 19.5 Å². The van der Waals surface area contributed by atoms with E-state index in [1.54, 1.807) is 0 Å². The molecule has 1 saturated heterocycles. The maximum Gasteiger partial charge on any atom is 0.111 e. The molecule has 0 aliphatic carbocycles. The van der Waals surface area contributed by atoms with Crippen LogP contribution >= 0.6 is 18.5 Å². The van der Waals surface area contributed by atoms with Crippen LogP contribution in [0.3, 0.4) is 0 Å². The van der Waals surface area contributed by atoms with Crippen molar-refractivity contribution in [2.45, 2.75) is 30.0 Å². The Balaban J connectivity index is 2.44. The van der Waals surface area contributed by atoms with Crippen LogP contribution in [0.15, 0.2) is 0 Å². The molecule has 1 heterocycles. The summed E-state index contributed by atoms with van der Waals surface area (Å²) in [4.78, 5) is 0. The molecule has 5 heteroatoms. The van der Waals surface area contributed by atoms with E-state index in [4.69, 9.17) is 24.2 Å². The molecule has 1 aliphatic rings. The Labute approximate surface area is 92.4 Å². The zero-order valence-corrected chi connectivity index (χ0v) is 10.3. The van der Waals surface area contributed by atoms with E-state index in [-0.39, 0.29) is 6.10 Å². The first-order valence-corrected chi connectivity index (χ1v) is 8.21. The van der Waals surface area contributed by atoms with Crippen LogP contribution in [0.4, 0.5) is 0 Å². The summed E-state index contributed by atoms with van der Waals surface area (Å²) in [5.41, 5.74) is 0. The minimum Gasteiger partial charge on any atom is -0.389 e. The molecular weight excluding hydrogens is 217 g/mol. The largest absolute Gasteiger partial charge is 0.389 e. The summed E-state index contributed by atoms with van der Waals surface area (Å²) in [5.74, 6) is 0. The van der Waals surface area contributed by atoms with Crippen LogP contribution in [0.5, 0.6) is 0 Å². The van der Waals surface area contributed by atoms with Crippen LogP contribution in [0, 0.1) is 0 Å². The first-order valence-electron chi connectivity index (χ1n) is 4.72.